The lowest BCUT2D eigenvalue weighted by Gasteiger charge is -2.01. The number of alkyl halides is 4. The zero-order chi connectivity index (χ0) is 14.8. The van der Waals surface area contributed by atoms with Crippen molar-refractivity contribution in [1.29, 1.82) is 0 Å². The molecule has 0 aliphatic carbocycles. The van der Waals surface area contributed by atoms with Crippen molar-refractivity contribution >= 4 is 34.5 Å². The van der Waals surface area contributed by atoms with Gasteiger partial charge >= 0.3 is 6.18 Å². The third-order valence-electron chi connectivity index (χ3n) is 2.30. The van der Waals surface area contributed by atoms with E-state index in [4.69, 9.17) is 17.3 Å². The number of nitrogens with zero attached hydrogens (tertiary/aromatic N) is 2. The Morgan fingerprint density at radius 1 is 1.40 bits per heavy atom. The second-order valence-electron chi connectivity index (χ2n) is 3.82. The van der Waals surface area contributed by atoms with E-state index in [0.717, 1.165) is 0 Å². The normalized spacial score (nSPS) is 12.7. The van der Waals surface area contributed by atoms with E-state index in [-0.39, 0.29) is 17.4 Å². The number of aromatic nitrogens is 1. The molecule has 2 aromatic rings. The molecule has 2 rings (SSSR count). The highest BCUT2D eigenvalue weighted by atomic mass is 35.5. The third-order valence-corrected chi connectivity index (χ3v) is 3.46. The van der Waals surface area contributed by atoms with E-state index < -0.39 is 11.2 Å². The van der Waals surface area contributed by atoms with Crippen molar-refractivity contribution in [3.63, 3.8) is 0 Å². The molecule has 0 amide bonds. The fourth-order valence-electron chi connectivity index (χ4n) is 1.47. The number of nitrogens with two attached hydrogens (primary N) is 1. The van der Waals surface area contributed by atoms with Gasteiger partial charge in [0.2, 0.25) is 0 Å². The van der Waals surface area contributed by atoms with Crippen molar-refractivity contribution in [1.82, 2.24) is 4.98 Å². The molecule has 1 aromatic carbocycles. The minimum absolute atomic E-state index is 0.0825. The first-order valence-corrected chi connectivity index (χ1v) is 6.83. The van der Waals surface area contributed by atoms with Crippen molar-refractivity contribution < 1.29 is 13.2 Å². The summed E-state index contributed by atoms with van der Waals surface area (Å²) in [6.45, 7) is 0. The lowest BCUT2D eigenvalue weighted by molar-refractivity contribution is -0.137. The quantitative estimate of drug-likeness (QED) is 0.527. The van der Waals surface area contributed by atoms with Gasteiger partial charge in [0.05, 0.1) is 17.3 Å². The van der Waals surface area contributed by atoms with Crippen molar-refractivity contribution in [3.8, 4) is 11.3 Å². The van der Waals surface area contributed by atoms with Gasteiger partial charge in [0.25, 0.3) is 0 Å². The molecule has 106 valence electrons. The molecule has 0 unspecified atom stereocenters. The van der Waals surface area contributed by atoms with Crippen molar-refractivity contribution in [2.45, 2.75) is 6.18 Å². The highest BCUT2D eigenvalue weighted by molar-refractivity contribution is 7.10. The molecule has 0 fully saturated rings. The van der Waals surface area contributed by atoms with Gasteiger partial charge in [-0.25, -0.2) is 9.98 Å². The predicted molar refractivity (Wildman–Crippen MR) is 74.6 cm³/mol. The van der Waals surface area contributed by atoms with Gasteiger partial charge in [-0.3, -0.25) is 0 Å². The van der Waals surface area contributed by atoms with Gasteiger partial charge in [0.1, 0.15) is 5.84 Å². The number of hydrogen-bond acceptors (Lipinski definition) is 3. The molecule has 20 heavy (non-hydrogen) atoms. The molecular weight excluding hydrogens is 311 g/mol. The summed E-state index contributed by atoms with van der Waals surface area (Å²) in [6, 6.07) is 6.61. The molecule has 0 saturated heterocycles. The number of thiazole rings is 1. The van der Waals surface area contributed by atoms with Crippen molar-refractivity contribution in [2.24, 2.45) is 10.7 Å². The molecule has 0 atom stereocenters. The van der Waals surface area contributed by atoms with Crippen LogP contribution in [0.3, 0.4) is 0 Å². The Bertz CT molecular complexity index is 637. The summed E-state index contributed by atoms with van der Waals surface area (Å²) in [5.41, 5.74) is 6.82. The summed E-state index contributed by atoms with van der Waals surface area (Å²) >= 11 is 6.08. The molecular formula is C12H9ClF3N3S. The number of hydrogen-bond donors (Lipinski definition) is 1. The monoisotopic (exact) mass is 319 g/mol. The highest BCUT2D eigenvalue weighted by Crippen LogP contribution is 2.34. The van der Waals surface area contributed by atoms with Gasteiger partial charge in [0.15, 0.2) is 5.01 Å². The maximum Gasteiger partial charge on any atom is 0.443 e. The second-order valence-corrected chi connectivity index (χ2v) is 4.95. The average Bonchev–Trinajstić information content (AvgIpc) is 2.88. The lowest BCUT2D eigenvalue weighted by Crippen LogP contribution is -2.12. The molecule has 3 nitrogen and oxygen atoms in total. The van der Waals surface area contributed by atoms with Crippen LogP contribution in [0.25, 0.3) is 11.3 Å². The summed E-state index contributed by atoms with van der Waals surface area (Å²) in [5, 5.41) is 0.484. The van der Waals surface area contributed by atoms with Crippen molar-refractivity contribution in [3.05, 3.63) is 34.7 Å². The number of amidine groups is 1. The van der Waals surface area contributed by atoms with Crippen molar-refractivity contribution in [2.75, 3.05) is 5.88 Å². The zero-order valence-corrected chi connectivity index (χ0v) is 11.6. The molecule has 0 radical (unpaired) electrons. The Balaban J connectivity index is 2.34. The van der Waals surface area contributed by atoms with Crippen LogP contribution < -0.4 is 5.73 Å². The fraction of sp³-hybridized carbons (Fsp3) is 0.167. The van der Waals surface area contributed by atoms with Crippen LogP contribution in [0.15, 0.2) is 34.6 Å². The van der Waals surface area contributed by atoms with Crippen LogP contribution in [-0.4, -0.2) is 16.7 Å². The van der Waals surface area contributed by atoms with E-state index in [1.54, 1.807) is 24.3 Å². The Morgan fingerprint density at radius 2 is 2.15 bits per heavy atom. The van der Waals surface area contributed by atoms with E-state index in [9.17, 15) is 13.2 Å². The Kier molecular flexibility index (Phi) is 4.29. The summed E-state index contributed by atoms with van der Waals surface area (Å²) in [5.74, 6) is 0.317. The fourth-order valence-corrected chi connectivity index (χ4v) is 2.22. The Labute approximate surface area is 121 Å². The minimum Gasteiger partial charge on any atom is -0.386 e. The smallest absolute Gasteiger partial charge is 0.386 e. The zero-order valence-electron chi connectivity index (χ0n) is 9.99. The highest BCUT2D eigenvalue weighted by Gasteiger charge is 2.34. The summed E-state index contributed by atoms with van der Waals surface area (Å²) in [7, 11) is 0. The van der Waals surface area contributed by atoms with Gasteiger partial charge in [-0.1, -0.05) is 12.1 Å². The van der Waals surface area contributed by atoms with Crippen LogP contribution in [0, 0.1) is 0 Å². The average molecular weight is 320 g/mol. The maximum atomic E-state index is 12.5. The summed E-state index contributed by atoms with van der Waals surface area (Å²) in [6.07, 6.45) is -4.43. The lowest BCUT2D eigenvalue weighted by atomic mass is 10.1. The molecule has 0 bridgehead atoms. The van der Waals surface area contributed by atoms with Crippen LogP contribution >= 0.6 is 22.9 Å². The van der Waals surface area contributed by atoms with E-state index >= 15 is 0 Å². The molecule has 0 saturated carbocycles. The molecule has 0 aliphatic heterocycles. The van der Waals surface area contributed by atoms with E-state index in [2.05, 4.69) is 9.98 Å². The van der Waals surface area contributed by atoms with Crippen LogP contribution in [-0.2, 0) is 6.18 Å². The van der Waals surface area contributed by atoms with Crippen LogP contribution in [0.4, 0.5) is 18.9 Å². The first-order chi connectivity index (χ1) is 9.40. The van der Waals surface area contributed by atoms with Crippen LogP contribution in [0.5, 0.6) is 0 Å². The SMILES string of the molecule is NC(CCl)=Nc1cccc(-c2csc(C(F)(F)F)n2)c1. The Hall–Kier alpha value is -1.60. The predicted octanol–water partition coefficient (Wildman–Crippen LogP) is 4.06. The number of benzene rings is 1. The van der Waals surface area contributed by atoms with E-state index in [1.807, 2.05) is 0 Å². The topological polar surface area (TPSA) is 51.3 Å². The van der Waals surface area contributed by atoms with Crippen LogP contribution in [0.2, 0.25) is 0 Å². The first-order valence-electron chi connectivity index (χ1n) is 5.42. The van der Waals surface area contributed by atoms with Gasteiger partial charge in [0, 0.05) is 10.9 Å². The largest absolute Gasteiger partial charge is 0.443 e. The molecule has 2 N–H and O–H groups in total. The maximum absolute atomic E-state index is 12.5. The van der Waals surface area contributed by atoms with Gasteiger partial charge in [-0.05, 0) is 12.1 Å². The van der Waals surface area contributed by atoms with Gasteiger partial charge in [-0.2, -0.15) is 13.2 Å². The first kappa shape index (κ1) is 14.8. The molecule has 1 heterocycles. The summed E-state index contributed by atoms with van der Waals surface area (Å²) < 4.78 is 37.5. The summed E-state index contributed by atoms with van der Waals surface area (Å²) in [4.78, 5) is 7.62. The molecule has 0 spiro atoms. The van der Waals surface area contributed by atoms with Crippen LogP contribution in [0.1, 0.15) is 5.01 Å². The van der Waals surface area contributed by atoms with Gasteiger partial charge < -0.3 is 5.73 Å². The standard InChI is InChI=1S/C12H9ClF3N3S/c13-5-10(17)18-8-3-1-2-7(4-8)9-6-20-11(19-9)12(14,15)16/h1-4,6H,5H2,(H2,17,18). The minimum atomic E-state index is -4.43. The number of rotatable bonds is 3. The van der Waals surface area contributed by atoms with E-state index in [1.165, 1.54) is 5.38 Å². The van der Waals surface area contributed by atoms with Gasteiger partial charge in [-0.15, -0.1) is 22.9 Å². The number of aliphatic imine (C=N–C) groups is 1. The third kappa shape index (κ3) is 3.49. The molecule has 1 aromatic heterocycles. The van der Waals surface area contributed by atoms with E-state index in [0.29, 0.717) is 22.6 Å². The molecule has 0 aliphatic rings. The second kappa shape index (κ2) is 5.80. The molecule has 8 heteroatoms. The number of halogens is 4. The Morgan fingerprint density at radius 3 is 2.75 bits per heavy atom.